The molecule has 2 aromatic heterocycles. The molecule has 8 nitrogen and oxygen atoms in total. The largest absolute Gasteiger partial charge is 0.497 e. The first-order valence-electron chi connectivity index (χ1n) is 8.77. The zero-order valence-corrected chi connectivity index (χ0v) is 16.0. The average molecular weight is 393 g/mol. The minimum atomic E-state index is -0.794. The van der Waals surface area contributed by atoms with Gasteiger partial charge in [-0.2, -0.15) is 5.26 Å². The molecule has 29 heavy (non-hydrogen) atoms. The van der Waals surface area contributed by atoms with Crippen molar-refractivity contribution in [2.24, 2.45) is 0 Å². The number of amides is 1. The molecule has 3 aromatic rings. The molecule has 0 unspecified atom stereocenters. The Hall–Kier alpha value is -3.99. The van der Waals surface area contributed by atoms with Crippen LogP contribution in [-0.4, -0.2) is 30.2 Å². The highest BCUT2D eigenvalue weighted by atomic mass is 16.5. The van der Waals surface area contributed by atoms with Crippen molar-refractivity contribution >= 4 is 11.9 Å². The second-order valence-electron chi connectivity index (χ2n) is 6.12. The first kappa shape index (κ1) is 19.8. The van der Waals surface area contributed by atoms with Crippen molar-refractivity contribution in [3.63, 3.8) is 0 Å². The second-order valence-corrected chi connectivity index (χ2v) is 6.12. The summed E-state index contributed by atoms with van der Waals surface area (Å²) in [6, 6.07) is 12.8. The van der Waals surface area contributed by atoms with Crippen molar-refractivity contribution in [3.05, 3.63) is 71.2 Å². The van der Waals surface area contributed by atoms with Gasteiger partial charge in [0.25, 0.3) is 5.91 Å². The van der Waals surface area contributed by atoms with E-state index < -0.39 is 18.5 Å². The number of hydrogen-bond donors (Lipinski definition) is 1. The van der Waals surface area contributed by atoms with Crippen LogP contribution in [0.4, 0.5) is 0 Å². The van der Waals surface area contributed by atoms with Crippen LogP contribution in [0.5, 0.6) is 5.75 Å². The van der Waals surface area contributed by atoms with Crippen molar-refractivity contribution in [2.75, 3.05) is 13.7 Å². The van der Waals surface area contributed by atoms with E-state index in [0.717, 1.165) is 5.56 Å². The van der Waals surface area contributed by atoms with Gasteiger partial charge in [0.15, 0.2) is 6.61 Å². The van der Waals surface area contributed by atoms with Crippen LogP contribution in [0.2, 0.25) is 0 Å². The minimum Gasteiger partial charge on any atom is -0.497 e. The molecule has 0 aliphatic rings. The number of nitrogens with zero attached hydrogens (tertiary/aromatic N) is 2. The Morgan fingerprint density at radius 3 is 2.69 bits per heavy atom. The number of carbonyl (C=O) groups excluding carboxylic acids is 2. The Bertz CT molecular complexity index is 1060. The van der Waals surface area contributed by atoms with Crippen molar-refractivity contribution in [1.82, 2.24) is 9.88 Å². The average Bonchev–Trinajstić information content (AvgIpc) is 3.38. The molecule has 1 N–H and O–H groups in total. The van der Waals surface area contributed by atoms with Crippen LogP contribution in [0.15, 0.2) is 53.2 Å². The summed E-state index contributed by atoms with van der Waals surface area (Å²) in [7, 11) is 1.56. The smallest absolute Gasteiger partial charge is 0.343 e. The van der Waals surface area contributed by atoms with Crippen molar-refractivity contribution in [1.29, 1.82) is 5.26 Å². The summed E-state index contributed by atoms with van der Waals surface area (Å²) in [5, 5.41) is 12.1. The van der Waals surface area contributed by atoms with E-state index in [0.29, 0.717) is 5.75 Å². The van der Waals surface area contributed by atoms with Gasteiger partial charge in [0.05, 0.1) is 7.11 Å². The number of esters is 1. The van der Waals surface area contributed by atoms with Crippen LogP contribution in [0.1, 0.15) is 27.2 Å². The maximum Gasteiger partial charge on any atom is 0.343 e. The molecule has 2 heterocycles. The van der Waals surface area contributed by atoms with Gasteiger partial charge in [0.1, 0.15) is 28.7 Å². The molecule has 1 aromatic carbocycles. The molecule has 0 fully saturated rings. The normalized spacial score (nSPS) is 10.2. The lowest BCUT2D eigenvalue weighted by Gasteiger charge is -2.08. The monoisotopic (exact) mass is 393 g/mol. The van der Waals surface area contributed by atoms with Gasteiger partial charge >= 0.3 is 5.97 Å². The third-order valence-corrected chi connectivity index (χ3v) is 4.18. The van der Waals surface area contributed by atoms with Crippen LogP contribution in [0, 0.1) is 18.3 Å². The first-order valence-corrected chi connectivity index (χ1v) is 8.77. The summed E-state index contributed by atoms with van der Waals surface area (Å²) in [6.45, 7) is 1.35. The number of hydrogen-bond acceptors (Lipinski definition) is 6. The number of carbonyl (C=O) groups is 2. The van der Waals surface area contributed by atoms with Gasteiger partial charge < -0.3 is 19.2 Å². The van der Waals surface area contributed by atoms with Gasteiger partial charge in [0, 0.05) is 18.9 Å². The van der Waals surface area contributed by atoms with E-state index in [-0.39, 0.29) is 29.3 Å². The Labute approximate surface area is 167 Å². The fraction of sp³-hybridized carbons (Fsp3) is 0.190. The third kappa shape index (κ3) is 4.47. The zero-order chi connectivity index (χ0) is 20.8. The number of aromatic nitrogens is 1. The Balaban J connectivity index is 1.62. The summed E-state index contributed by atoms with van der Waals surface area (Å²) in [4.78, 5) is 24.5. The summed E-state index contributed by atoms with van der Waals surface area (Å²) in [5.41, 5.74) is 0.912. The quantitative estimate of drug-likeness (QED) is 0.619. The van der Waals surface area contributed by atoms with Crippen LogP contribution < -0.4 is 10.1 Å². The van der Waals surface area contributed by atoms with E-state index in [4.69, 9.17) is 13.9 Å². The van der Waals surface area contributed by atoms with Crippen LogP contribution in [-0.2, 0) is 16.1 Å². The number of nitriles is 1. The van der Waals surface area contributed by atoms with Gasteiger partial charge in [-0.15, -0.1) is 0 Å². The van der Waals surface area contributed by atoms with Crippen LogP contribution >= 0.6 is 0 Å². The van der Waals surface area contributed by atoms with Crippen molar-refractivity contribution < 1.29 is 23.5 Å². The summed E-state index contributed by atoms with van der Waals surface area (Å²) >= 11 is 0. The van der Waals surface area contributed by atoms with Crippen LogP contribution in [0.25, 0.3) is 5.88 Å². The topological polar surface area (TPSA) is 106 Å². The van der Waals surface area contributed by atoms with E-state index in [1.165, 1.54) is 0 Å². The number of ether oxygens (including phenoxy) is 2. The molecular weight excluding hydrogens is 374 g/mol. The van der Waals surface area contributed by atoms with E-state index >= 15 is 0 Å². The lowest BCUT2D eigenvalue weighted by Crippen LogP contribution is -2.28. The number of aryl methyl sites for hydroxylation is 1. The van der Waals surface area contributed by atoms with Gasteiger partial charge in [-0.3, -0.25) is 9.36 Å². The maximum atomic E-state index is 12.5. The van der Waals surface area contributed by atoms with Crippen molar-refractivity contribution in [3.8, 4) is 17.7 Å². The Morgan fingerprint density at radius 1 is 1.24 bits per heavy atom. The molecule has 0 bridgehead atoms. The number of methoxy groups -OCH3 is 1. The molecule has 8 heteroatoms. The summed E-state index contributed by atoms with van der Waals surface area (Å²) in [5.74, 6) is -0.109. The first-order chi connectivity index (χ1) is 14.0. The highest BCUT2D eigenvalue weighted by Crippen LogP contribution is 2.26. The highest BCUT2D eigenvalue weighted by molar-refractivity contribution is 5.95. The van der Waals surface area contributed by atoms with E-state index in [9.17, 15) is 14.9 Å². The highest BCUT2D eigenvalue weighted by Gasteiger charge is 2.26. The molecule has 3 rings (SSSR count). The number of benzene rings is 1. The Morgan fingerprint density at radius 2 is 2.00 bits per heavy atom. The molecule has 0 aliphatic heterocycles. The molecule has 148 valence electrons. The Kier molecular flexibility index (Phi) is 6.00. The van der Waals surface area contributed by atoms with Gasteiger partial charge in [-0.1, -0.05) is 12.1 Å². The summed E-state index contributed by atoms with van der Waals surface area (Å²) < 4.78 is 17.4. The fourth-order valence-electron chi connectivity index (χ4n) is 2.77. The number of furan rings is 1. The summed E-state index contributed by atoms with van der Waals surface area (Å²) in [6.07, 6.45) is 3.39. The second kappa shape index (κ2) is 8.80. The lowest BCUT2D eigenvalue weighted by molar-refractivity contribution is -0.124. The van der Waals surface area contributed by atoms with Gasteiger partial charge in [-0.05, 0) is 36.8 Å². The SMILES string of the molecule is COc1cccc(CNC(=O)COC(=O)c2c(C)oc(-n3cccc3)c2C#N)c1. The van der Waals surface area contributed by atoms with Gasteiger partial charge in [0.2, 0.25) is 5.88 Å². The molecule has 0 saturated heterocycles. The maximum absolute atomic E-state index is 12.5. The zero-order valence-electron chi connectivity index (χ0n) is 16.0. The number of nitrogens with one attached hydrogen (secondary N) is 1. The molecule has 0 saturated carbocycles. The van der Waals surface area contributed by atoms with Crippen molar-refractivity contribution in [2.45, 2.75) is 13.5 Å². The number of rotatable bonds is 7. The minimum absolute atomic E-state index is 0.0109. The standard InChI is InChI=1S/C21H19N3O5/c1-14-19(17(11-22)20(29-14)24-8-3-4-9-24)21(26)28-13-18(25)23-12-15-6-5-7-16(10-15)27-2/h3-10H,12-13H2,1-2H3,(H,23,25). The third-order valence-electron chi connectivity index (χ3n) is 4.18. The predicted molar refractivity (Wildman–Crippen MR) is 103 cm³/mol. The van der Waals surface area contributed by atoms with Gasteiger partial charge in [-0.25, -0.2) is 4.79 Å². The van der Waals surface area contributed by atoms with E-state index in [2.05, 4.69) is 5.32 Å². The molecular formula is C21H19N3O5. The molecule has 0 spiro atoms. The molecule has 0 atom stereocenters. The molecule has 0 radical (unpaired) electrons. The lowest BCUT2D eigenvalue weighted by atomic mass is 10.1. The fourth-order valence-corrected chi connectivity index (χ4v) is 2.77. The van der Waals surface area contributed by atoms with E-state index in [1.54, 1.807) is 55.3 Å². The molecule has 0 aliphatic carbocycles. The van der Waals surface area contributed by atoms with E-state index in [1.807, 2.05) is 18.2 Å². The predicted octanol–water partition coefficient (Wildman–Crippen LogP) is 2.73. The molecule has 1 amide bonds. The van der Waals surface area contributed by atoms with Crippen LogP contribution in [0.3, 0.4) is 0 Å².